The fourth-order valence-electron chi connectivity index (χ4n) is 12.5. The molecular formula is C37H60O5. The van der Waals surface area contributed by atoms with Gasteiger partial charge in [0.2, 0.25) is 0 Å². The zero-order chi connectivity index (χ0) is 31.1. The fourth-order valence-corrected chi connectivity index (χ4v) is 12.5. The minimum Gasteiger partial charge on any atom is -0.466 e. The second-order valence-corrected chi connectivity index (χ2v) is 17.7. The average Bonchev–Trinajstić information content (AvgIpc) is 2.87. The van der Waals surface area contributed by atoms with Crippen LogP contribution in [0.2, 0.25) is 0 Å². The van der Waals surface area contributed by atoms with E-state index < -0.39 is 0 Å². The number of hydrogen-bond donors (Lipinski definition) is 1. The molecule has 5 rings (SSSR count). The molecule has 0 aromatic carbocycles. The summed E-state index contributed by atoms with van der Waals surface area (Å²) < 4.78 is 11.4. The van der Waals surface area contributed by atoms with E-state index in [0.717, 1.165) is 12.8 Å². The summed E-state index contributed by atoms with van der Waals surface area (Å²) in [5, 5.41) is 10.8. The molecule has 5 heteroatoms. The molecule has 0 heterocycles. The minimum atomic E-state index is -0.240. The van der Waals surface area contributed by atoms with Crippen molar-refractivity contribution in [2.24, 2.45) is 68.0 Å². The number of carbonyl (C=O) groups excluding carboxylic acids is 2. The highest BCUT2D eigenvalue weighted by Crippen LogP contribution is 2.77. The Bertz CT molecular complexity index is 1120. The molecule has 5 aliphatic carbocycles. The van der Waals surface area contributed by atoms with Crippen LogP contribution in [-0.4, -0.2) is 36.9 Å². The van der Waals surface area contributed by atoms with Crippen LogP contribution in [0.1, 0.15) is 121 Å². The van der Waals surface area contributed by atoms with Gasteiger partial charge in [-0.2, -0.15) is 0 Å². The number of aliphatic hydroxyl groups is 1. The molecule has 238 valence electrons. The number of esters is 2. The van der Waals surface area contributed by atoms with E-state index in [9.17, 15) is 14.7 Å². The van der Waals surface area contributed by atoms with Crippen molar-refractivity contribution < 1.29 is 24.2 Å². The molecule has 0 amide bonds. The van der Waals surface area contributed by atoms with Gasteiger partial charge in [-0.25, -0.2) is 0 Å². The lowest BCUT2D eigenvalue weighted by atomic mass is 9.32. The van der Waals surface area contributed by atoms with Crippen LogP contribution in [-0.2, 0) is 19.1 Å². The first-order chi connectivity index (χ1) is 19.4. The number of aliphatic hydroxyl groups excluding tert-OH is 1. The highest BCUT2D eigenvalue weighted by molar-refractivity contribution is 5.66. The maximum atomic E-state index is 12.0. The van der Waals surface area contributed by atoms with E-state index in [4.69, 9.17) is 9.47 Å². The summed E-state index contributed by atoms with van der Waals surface area (Å²) in [6.07, 6.45) is 12.1. The Hall–Kier alpha value is -1.36. The maximum Gasteiger partial charge on any atom is 0.302 e. The van der Waals surface area contributed by atoms with Gasteiger partial charge < -0.3 is 14.6 Å². The van der Waals surface area contributed by atoms with E-state index in [1.54, 1.807) is 5.57 Å². The van der Waals surface area contributed by atoms with E-state index in [-0.39, 0.29) is 62.9 Å². The topological polar surface area (TPSA) is 72.8 Å². The molecule has 10 atom stereocenters. The summed E-state index contributed by atoms with van der Waals surface area (Å²) in [4.78, 5) is 23.9. The molecule has 0 saturated heterocycles. The van der Waals surface area contributed by atoms with Gasteiger partial charge in [0.1, 0.15) is 0 Å². The summed E-state index contributed by atoms with van der Waals surface area (Å²) in [7, 11) is 0. The molecular weight excluding hydrogens is 524 g/mol. The molecule has 0 aliphatic heterocycles. The van der Waals surface area contributed by atoms with Gasteiger partial charge in [-0.15, -0.1) is 0 Å². The van der Waals surface area contributed by atoms with Crippen molar-refractivity contribution in [2.75, 3.05) is 19.8 Å². The van der Waals surface area contributed by atoms with Gasteiger partial charge in [0, 0.05) is 32.3 Å². The van der Waals surface area contributed by atoms with E-state index in [2.05, 4.69) is 61.5 Å². The first-order valence-corrected chi connectivity index (χ1v) is 17.0. The van der Waals surface area contributed by atoms with Gasteiger partial charge in [0.05, 0.1) is 13.2 Å². The van der Waals surface area contributed by atoms with E-state index in [1.165, 1.54) is 52.4 Å². The van der Waals surface area contributed by atoms with Crippen LogP contribution in [0, 0.1) is 68.0 Å². The third-order valence-electron chi connectivity index (χ3n) is 15.1. The Kier molecular flexibility index (Phi) is 7.89. The molecule has 0 spiro atoms. The van der Waals surface area contributed by atoms with Crippen molar-refractivity contribution in [3.05, 3.63) is 11.6 Å². The number of hydrogen-bond acceptors (Lipinski definition) is 5. The van der Waals surface area contributed by atoms with Crippen molar-refractivity contribution in [1.29, 1.82) is 0 Å². The Morgan fingerprint density at radius 1 is 0.833 bits per heavy atom. The SMILES string of the molecule is CC(=O)OCC1CC2(C)C(CCC3(C)C2CC=C2C4C(CO)C(C)(C)CCC4(C)CCC23C)C(C)(C)C1COC(C)=O. The van der Waals surface area contributed by atoms with Crippen LogP contribution in [0.25, 0.3) is 0 Å². The van der Waals surface area contributed by atoms with Crippen molar-refractivity contribution in [2.45, 2.75) is 121 Å². The van der Waals surface area contributed by atoms with Crippen molar-refractivity contribution in [1.82, 2.24) is 0 Å². The van der Waals surface area contributed by atoms with Crippen molar-refractivity contribution in [3.8, 4) is 0 Å². The minimum absolute atomic E-state index is 0.0555. The highest BCUT2D eigenvalue weighted by Gasteiger charge is 2.69. The summed E-state index contributed by atoms with van der Waals surface area (Å²) in [5.41, 5.74) is 2.39. The van der Waals surface area contributed by atoms with E-state index >= 15 is 0 Å². The molecule has 1 N–H and O–H groups in total. The molecule has 42 heavy (non-hydrogen) atoms. The van der Waals surface area contributed by atoms with E-state index in [1.807, 2.05) is 0 Å². The highest BCUT2D eigenvalue weighted by atomic mass is 16.5. The van der Waals surface area contributed by atoms with Crippen LogP contribution in [0.5, 0.6) is 0 Å². The van der Waals surface area contributed by atoms with Gasteiger partial charge in [0.25, 0.3) is 0 Å². The number of fused-ring (bicyclic) bond motifs is 7. The van der Waals surface area contributed by atoms with Crippen molar-refractivity contribution >= 4 is 11.9 Å². The van der Waals surface area contributed by atoms with Gasteiger partial charge in [-0.05, 0) is 108 Å². The third kappa shape index (κ3) is 4.55. The summed E-state index contributed by atoms with van der Waals surface area (Å²) in [5.74, 6) is 1.60. The molecule has 0 aromatic rings. The lowest BCUT2D eigenvalue weighted by Crippen LogP contribution is -2.66. The van der Waals surface area contributed by atoms with Gasteiger partial charge in [-0.1, -0.05) is 67.0 Å². The molecule has 4 fully saturated rings. The molecule has 0 aromatic heterocycles. The number of ether oxygens (including phenoxy) is 2. The zero-order valence-corrected chi connectivity index (χ0v) is 28.4. The normalized spacial score (nSPS) is 47.1. The molecule has 0 radical (unpaired) electrons. The van der Waals surface area contributed by atoms with E-state index in [0.29, 0.717) is 36.9 Å². The van der Waals surface area contributed by atoms with Crippen LogP contribution < -0.4 is 0 Å². The Balaban J connectivity index is 1.56. The standard InChI is InChI=1S/C37H60O5/c1-23(39)41-21-25-19-35(8)29(33(5,6)28(25)22-42-24(2)40)13-14-37(10)30(35)12-11-26-31-27(20-38)32(3,4)15-16-34(31,7)17-18-36(26,37)9/h11,25,27-31,38H,12-22H2,1-10H3. The summed E-state index contributed by atoms with van der Waals surface area (Å²) in [6.45, 7) is 23.9. The molecule has 4 saturated carbocycles. The molecule has 10 unspecified atom stereocenters. The average molecular weight is 585 g/mol. The van der Waals surface area contributed by atoms with Crippen LogP contribution in [0.3, 0.4) is 0 Å². The Morgan fingerprint density at radius 3 is 2.07 bits per heavy atom. The lowest BCUT2D eigenvalue weighted by Gasteiger charge is -2.72. The monoisotopic (exact) mass is 584 g/mol. The van der Waals surface area contributed by atoms with Crippen LogP contribution in [0.15, 0.2) is 11.6 Å². The smallest absolute Gasteiger partial charge is 0.302 e. The first-order valence-electron chi connectivity index (χ1n) is 17.0. The number of allylic oxidation sites excluding steroid dienone is 2. The third-order valence-corrected chi connectivity index (χ3v) is 15.1. The second kappa shape index (κ2) is 10.3. The number of carbonyl (C=O) groups is 2. The molecule has 5 nitrogen and oxygen atoms in total. The predicted molar refractivity (Wildman–Crippen MR) is 166 cm³/mol. The van der Waals surface area contributed by atoms with Gasteiger partial charge in [0.15, 0.2) is 0 Å². The Labute approximate surface area is 256 Å². The molecule has 0 bridgehead atoms. The second-order valence-electron chi connectivity index (χ2n) is 17.7. The zero-order valence-electron chi connectivity index (χ0n) is 28.4. The van der Waals surface area contributed by atoms with Crippen LogP contribution >= 0.6 is 0 Å². The first kappa shape index (κ1) is 32.0. The van der Waals surface area contributed by atoms with Gasteiger partial charge >= 0.3 is 11.9 Å². The fraction of sp³-hybridized carbons (Fsp3) is 0.892. The summed E-state index contributed by atoms with van der Waals surface area (Å²) >= 11 is 0. The lowest BCUT2D eigenvalue weighted by molar-refractivity contribution is -0.218. The quantitative estimate of drug-likeness (QED) is 0.262. The maximum absolute atomic E-state index is 12.0. The largest absolute Gasteiger partial charge is 0.466 e. The summed E-state index contributed by atoms with van der Waals surface area (Å²) in [6, 6.07) is 0. The number of rotatable bonds is 5. The predicted octanol–water partition coefficient (Wildman–Crippen LogP) is 7.99. The Morgan fingerprint density at radius 2 is 1.45 bits per heavy atom. The van der Waals surface area contributed by atoms with Gasteiger partial charge in [-0.3, -0.25) is 9.59 Å². The molecule has 5 aliphatic rings. The van der Waals surface area contributed by atoms with Crippen LogP contribution in [0.4, 0.5) is 0 Å². The van der Waals surface area contributed by atoms with Crippen molar-refractivity contribution in [3.63, 3.8) is 0 Å².